The number of anilines is 2. The van der Waals surface area contributed by atoms with Crippen molar-refractivity contribution in [2.75, 3.05) is 23.3 Å². The van der Waals surface area contributed by atoms with Crippen LogP contribution in [0.3, 0.4) is 0 Å². The Balaban J connectivity index is 1.32. The summed E-state index contributed by atoms with van der Waals surface area (Å²) in [6.07, 6.45) is 0. The molecule has 32 heavy (non-hydrogen) atoms. The molecule has 0 unspecified atom stereocenters. The average molecular weight is 483 g/mol. The van der Waals surface area contributed by atoms with Crippen molar-refractivity contribution in [1.29, 1.82) is 0 Å². The van der Waals surface area contributed by atoms with E-state index in [1.54, 1.807) is 0 Å². The van der Waals surface area contributed by atoms with Crippen molar-refractivity contribution in [3.05, 3.63) is 88.9 Å². The maximum Gasteiger partial charge on any atom is 0.176 e. The van der Waals surface area contributed by atoms with E-state index in [1.807, 2.05) is 48.5 Å². The van der Waals surface area contributed by atoms with E-state index in [4.69, 9.17) is 46.5 Å². The molecule has 0 amide bonds. The number of nitrogens with one attached hydrogen (secondary N) is 1. The molecule has 0 aliphatic carbocycles. The van der Waals surface area contributed by atoms with Crippen molar-refractivity contribution in [3.8, 4) is 5.75 Å². The lowest BCUT2D eigenvalue weighted by Crippen LogP contribution is -2.31. The first-order valence-corrected chi connectivity index (χ1v) is 11.4. The van der Waals surface area contributed by atoms with Crippen molar-refractivity contribution in [2.45, 2.75) is 13.2 Å². The smallest absolute Gasteiger partial charge is 0.176 e. The zero-order chi connectivity index (χ0) is 22.5. The van der Waals surface area contributed by atoms with Gasteiger partial charge in [0.15, 0.2) is 10.2 Å². The second kappa shape index (κ2) is 10.2. The molecule has 5 nitrogen and oxygen atoms in total. The molecule has 3 aromatic rings. The van der Waals surface area contributed by atoms with Crippen LogP contribution in [0.2, 0.25) is 5.02 Å². The highest BCUT2D eigenvalue weighted by molar-refractivity contribution is 7.80. The second-order valence-corrected chi connectivity index (χ2v) is 8.70. The summed E-state index contributed by atoms with van der Waals surface area (Å²) in [6, 6.07) is 23.8. The van der Waals surface area contributed by atoms with Gasteiger partial charge in [-0.2, -0.15) is 0 Å². The molecule has 8 heteroatoms. The van der Waals surface area contributed by atoms with Crippen molar-refractivity contribution in [2.24, 2.45) is 5.73 Å². The van der Waals surface area contributed by atoms with Gasteiger partial charge >= 0.3 is 0 Å². The normalized spacial score (nSPS) is 13.3. The van der Waals surface area contributed by atoms with Crippen LogP contribution in [-0.2, 0) is 13.2 Å². The first-order valence-electron chi connectivity index (χ1n) is 10.2. The molecule has 1 fully saturated rings. The van der Waals surface area contributed by atoms with Gasteiger partial charge in [0.1, 0.15) is 12.4 Å². The Morgan fingerprint density at radius 2 is 1.72 bits per heavy atom. The molecule has 1 heterocycles. The molecule has 3 aromatic carbocycles. The summed E-state index contributed by atoms with van der Waals surface area (Å²) in [4.78, 5) is 4.37. The number of thiocarbonyl (C=S) groups is 2. The number of halogens is 1. The SMILES string of the molecule is NC(=S)Nc1cccc(OCc2ccc(CN3CCN(c4ccc(Cl)cc4)C3=S)cc2)c1. The summed E-state index contributed by atoms with van der Waals surface area (Å²) < 4.78 is 5.90. The first kappa shape index (κ1) is 22.3. The Labute approximate surface area is 203 Å². The van der Waals surface area contributed by atoms with Gasteiger partial charge in [-0.15, -0.1) is 0 Å². The third-order valence-electron chi connectivity index (χ3n) is 5.14. The van der Waals surface area contributed by atoms with Gasteiger partial charge < -0.3 is 25.6 Å². The summed E-state index contributed by atoms with van der Waals surface area (Å²) in [7, 11) is 0. The van der Waals surface area contributed by atoms with Gasteiger partial charge in [-0.3, -0.25) is 0 Å². The van der Waals surface area contributed by atoms with Crippen LogP contribution in [0.15, 0.2) is 72.8 Å². The summed E-state index contributed by atoms with van der Waals surface area (Å²) in [5, 5.41) is 4.70. The van der Waals surface area contributed by atoms with E-state index >= 15 is 0 Å². The molecule has 1 aliphatic heterocycles. The Bertz CT molecular complexity index is 1110. The van der Waals surface area contributed by atoms with Crippen LogP contribution in [0.4, 0.5) is 11.4 Å². The molecule has 0 atom stereocenters. The Morgan fingerprint density at radius 3 is 2.44 bits per heavy atom. The van der Waals surface area contributed by atoms with Crippen LogP contribution in [0, 0.1) is 0 Å². The van der Waals surface area contributed by atoms with Crippen molar-refractivity contribution in [3.63, 3.8) is 0 Å². The number of hydrogen-bond donors (Lipinski definition) is 2. The molecule has 3 N–H and O–H groups in total. The molecule has 0 aromatic heterocycles. The molecule has 1 aliphatic rings. The lowest BCUT2D eigenvalue weighted by Gasteiger charge is -2.22. The number of hydrogen-bond acceptors (Lipinski definition) is 3. The van der Waals surface area contributed by atoms with E-state index in [0.29, 0.717) is 6.61 Å². The van der Waals surface area contributed by atoms with Crippen LogP contribution < -0.4 is 20.7 Å². The van der Waals surface area contributed by atoms with Crippen molar-refractivity contribution < 1.29 is 4.74 Å². The highest BCUT2D eigenvalue weighted by Crippen LogP contribution is 2.24. The number of nitrogens with two attached hydrogens (primary N) is 1. The van der Waals surface area contributed by atoms with Gasteiger partial charge in [-0.1, -0.05) is 41.9 Å². The van der Waals surface area contributed by atoms with E-state index in [9.17, 15) is 0 Å². The van der Waals surface area contributed by atoms with E-state index in [2.05, 4.69) is 39.4 Å². The molecular formula is C24H23ClN4OS2. The molecule has 4 rings (SSSR count). The standard InChI is InChI=1S/C24H23ClN4OS2/c25-19-8-10-21(11-9-19)29-13-12-28(24(29)32)15-17-4-6-18(7-5-17)16-30-22-3-1-2-20(14-22)27-23(26)31/h1-11,14H,12-13,15-16H2,(H3,26,27,31). The summed E-state index contributed by atoms with van der Waals surface area (Å²) in [5.74, 6) is 0.750. The molecule has 164 valence electrons. The number of ether oxygens (including phenoxy) is 1. The van der Waals surface area contributed by atoms with Crippen LogP contribution in [0.1, 0.15) is 11.1 Å². The monoisotopic (exact) mass is 482 g/mol. The highest BCUT2D eigenvalue weighted by Gasteiger charge is 2.25. The lowest BCUT2D eigenvalue weighted by molar-refractivity contribution is 0.306. The molecule has 0 saturated carbocycles. The zero-order valence-corrected chi connectivity index (χ0v) is 19.7. The Kier molecular flexibility index (Phi) is 7.09. The van der Waals surface area contributed by atoms with Crippen molar-refractivity contribution in [1.82, 2.24) is 4.90 Å². The minimum atomic E-state index is 0.228. The van der Waals surface area contributed by atoms with E-state index in [1.165, 1.54) is 5.56 Å². The summed E-state index contributed by atoms with van der Waals surface area (Å²) >= 11 is 16.6. The lowest BCUT2D eigenvalue weighted by atomic mass is 10.1. The third kappa shape index (κ3) is 5.68. The largest absolute Gasteiger partial charge is 0.489 e. The fourth-order valence-electron chi connectivity index (χ4n) is 3.52. The van der Waals surface area contributed by atoms with Crippen molar-refractivity contribution >= 4 is 57.6 Å². The van der Waals surface area contributed by atoms with Crippen LogP contribution >= 0.6 is 36.0 Å². The first-order chi connectivity index (χ1) is 15.5. The highest BCUT2D eigenvalue weighted by atomic mass is 35.5. The van der Waals surface area contributed by atoms with Crippen LogP contribution in [0.25, 0.3) is 0 Å². The third-order valence-corrected chi connectivity index (χ3v) is 5.97. The minimum Gasteiger partial charge on any atom is -0.489 e. The summed E-state index contributed by atoms with van der Waals surface area (Å²) in [5.41, 5.74) is 9.70. The fourth-order valence-corrected chi connectivity index (χ4v) is 4.12. The van der Waals surface area contributed by atoms with Gasteiger partial charge in [0, 0.05) is 42.1 Å². The van der Waals surface area contributed by atoms with Crippen LogP contribution in [-0.4, -0.2) is 28.2 Å². The molecular weight excluding hydrogens is 460 g/mol. The maximum absolute atomic E-state index is 6.00. The molecule has 0 radical (unpaired) electrons. The van der Waals surface area contributed by atoms with Gasteiger partial charge in [-0.05, 0) is 72.0 Å². The molecule has 1 saturated heterocycles. The topological polar surface area (TPSA) is 53.8 Å². The summed E-state index contributed by atoms with van der Waals surface area (Å²) in [6.45, 7) is 3.01. The number of benzene rings is 3. The second-order valence-electron chi connectivity index (χ2n) is 7.45. The average Bonchev–Trinajstić information content (AvgIpc) is 3.14. The fraction of sp³-hybridized carbons (Fsp3) is 0.167. The zero-order valence-electron chi connectivity index (χ0n) is 17.3. The number of rotatable bonds is 7. The predicted octanol–water partition coefficient (Wildman–Crippen LogP) is 5.18. The maximum atomic E-state index is 6.00. The molecule has 0 bridgehead atoms. The predicted molar refractivity (Wildman–Crippen MR) is 139 cm³/mol. The van der Waals surface area contributed by atoms with Gasteiger partial charge in [0.25, 0.3) is 0 Å². The van der Waals surface area contributed by atoms with Crippen LogP contribution in [0.5, 0.6) is 5.75 Å². The van der Waals surface area contributed by atoms with Gasteiger partial charge in [0.2, 0.25) is 0 Å². The van der Waals surface area contributed by atoms with E-state index < -0.39 is 0 Å². The van der Waals surface area contributed by atoms with E-state index in [-0.39, 0.29) is 5.11 Å². The molecule has 0 spiro atoms. The van der Waals surface area contributed by atoms with Gasteiger partial charge in [-0.25, -0.2) is 0 Å². The number of nitrogens with zero attached hydrogens (tertiary/aromatic N) is 2. The van der Waals surface area contributed by atoms with E-state index in [0.717, 1.165) is 52.5 Å². The minimum absolute atomic E-state index is 0.228. The Morgan fingerprint density at radius 1 is 1.00 bits per heavy atom. The Hall–Kier alpha value is -2.87. The quantitative estimate of drug-likeness (QED) is 0.450. The van der Waals surface area contributed by atoms with Gasteiger partial charge in [0.05, 0.1) is 0 Å².